The van der Waals surface area contributed by atoms with Crippen LogP contribution < -0.4 is 10.6 Å². The fourth-order valence-electron chi connectivity index (χ4n) is 6.12. The number of benzene rings is 4. The molecule has 0 spiro atoms. The predicted octanol–water partition coefficient (Wildman–Crippen LogP) is 10.7. The molecule has 38 heavy (non-hydrogen) atoms. The fraction of sp³-hybridized carbons (Fsp3) is 0.514. The van der Waals surface area contributed by atoms with Gasteiger partial charge in [-0.05, 0) is 39.4 Å². The van der Waals surface area contributed by atoms with Crippen LogP contribution in [0.3, 0.4) is 0 Å². The first-order valence-corrected chi connectivity index (χ1v) is 15.4. The summed E-state index contributed by atoms with van der Waals surface area (Å²) in [6, 6.07) is 19.0. The number of rotatable bonds is 18. The van der Waals surface area contributed by atoms with Crippen molar-refractivity contribution in [2.24, 2.45) is 5.73 Å². The molecule has 3 heteroatoms. The maximum atomic E-state index is 12.5. The topological polar surface area (TPSA) is 46.3 Å². The molecule has 0 radical (unpaired) electrons. The van der Waals surface area contributed by atoms with E-state index in [4.69, 9.17) is 5.73 Å². The van der Waals surface area contributed by atoms with Crippen LogP contribution in [0.4, 0.5) is 10.5 Å². The third kappa shape index (κ3) is 7.40. The van der Waals surface area contributed by atoms with Crippen LogP contribution in [0.15, 0.2) is 54.6 Å². The standard InChI is InChI=1S/C35H48N2O/c1-2-3-4-5-6-7-8-9-10-11-12-13-14-15-16-17-27-37(35(36)38)32-26-24-30-22-21-28-19-18-20-29-23-25-31(32)34(30)33(28)29/h18-26H,2-17,27H2,1H3,(H2,36,38). The summed E-state index contributed by atoms with van der Waals surface area (Å²) in [6.45, 7) is 2.96. The fourth-order valence-corrected chi connectivity index (χ4v) is 6.12. The second-order valence-corrected chi connectivity index (χ2v) is 11.2. The minimum absolute atomic E-state index is 0.360. The van der Waals surface area contributed by atoms with Crippen molar-refractivity contribution in [2.45, 2.75) is 110 Å². The smallest absolute Gasteiger partial charge is 0.319 e. The zero-order valence-electron chi connectivity index (χ0n) is 23.6. The molecule has 0 aliphatic carbocycles. The van der Waals surface area contributed by atoms with Gasteiger partial charge in [-0.3, -0.25) is 4.90 Å². The lowest BCUT2D eigenvalue weighted by atomic mass is 9.93. The summed E-state index contributed by atoms with van der Waals surface area (Å²) in [5, 5.41) is 7.30. The number of hydrogen-bond donors (Lipinski definition) is 1. The third-order valence-corrected chi connectivity index (χ3v) is 8.30. The van der Waals surface area contributed by atoms with Gasteiger partial charge in [-0.15, -0.1) is 0 Å². The predicted molar refractivity (Wildman–Crippen MR) is 167 cm³/mol. The van der Waals surface area contributed by atoms with Gasteiger partial charge in [0.15, 0.2) is 0 Å². The monoisotopic (exact) mass is 512 g/mol. The Morgan fingerprint density at radius 2 is 1.03 bits per heavy atom. The van der Waals surface area contributed by atoms with E-state index >= 15 is 0 Å². The van der Waals surface area contributed by atoms with Crippen LogP contribution in [0.25, 0.3) is 32.3 Å². The van der Waals surface area contributed by atoms with Crippen molar-refractivity contribution < 1.29 is 4.79 Å². The van der Waals surface area contributed by atoms with Crippen molar-refractivity contribution in [1.82, 2.24) is 0 Å². The lowest BCUT2D eigenvalue weighted by Gasteiger charge is -2.23. The van der Waals surface area contributed by atoms with E-state index in [-0.39, 0.29) is 6.03 Å². The SMILES string of the molecule is CCCCCCCCCCCCCCCCCCN(C(N)=O)c1ccc2ccc3cccc4ccc1c2c34. The number of carbonyl (C=O) groups is 1. The maximum Gasteiger partial charge on any atom is 0.319 e. The molecule has 0 unspecified atom stereocenters. The van der Waals surface area contributed by atoms with Gasteiger partial charge in [-0.2, -0.15) is 0 Å². The summed E-state index contributed by atoms with van der Waals surface area (Å²) in [7, 11) is 0. The van der Waals surface area contributed by atoms with E-state index in [0.29, 0.717) is 6.54 Å². The van der Waals surface area contributed by atoms with E-state index in [9.17, 15) is 4.79 Å². The average Bonchev–Trinajstić information content (AvgIpc) is 2.93. The molecular formula is C35H48N2O. The molecule has 4 aromatic carbocycles. The van der Waals surface area contributed by atoms with Crippen molar-refractivity contribution in [2.75, 3.05) is 11.4 Å². The summed E-state index contributed by atoms with van der Waals surface area (Å²) in [5.74, 6) is 0. The van der Waals surface area contributed by atoms with Crippen LogP contribution in [0.2, 0.25) is 0 Å². The van der Waals surface area contributed by atoms with Crippen molar-refractivity contribution >= 4 is 44.0 Å². The Morgan fingerprint density at radius 3 is 1.55 bits per heavy atom. The van der Waals surface area contributed by atoms with Gasteiger partial charge in [0.25, 0.3) is 0 Å². The summed E-state index contributed by atoms with van der Waals surface area (Å²) in [6.07, 6.45) is 21.5. The van der Waals surface area contributed by atoms with Crippen LogP contribution in [0.5, 0.6) is 0 Å². The Labute approximate surface area is 230 Å². The largest absolute Gasteiger partial charge is 0.351 e. The number of urea groups is 1. The zero-order chi connectivity index (χ0) is 26.6. The van der Waals surface area contributed by atoms with E-state index in [1.54, 1.807) is 4.90 Å². The van der Waals surface area contributed by atoms with E-state index in [1.807, 2.05) is 0 Å². The molecule has 204 valence electrons. The number of nitrogens with two attached hydrogens (primary N) is 1. The lowest BCUT2D eigenvalue weighted by Crippen LogP contribution is -2.36. The lowest BCUT2D eigenvalue weighted by molar-refractivity contribution is 0.254. The highest BCUT2D eigenvalue weighted by Crippen LogP contribution is 2.39. The Kier molecular flexibility index (Phi) is 11.1. The number of primary amides is 1. The molecule has 0 saturated carbocycles. The molecule has 0 fully saturated rings. The number of nitrogens with zero attached hydrogens (tertiary/aromatic N) is 1. The average molecular weight is 513 g/mol. The van der Waals surface area contributed by atoms with Gasteiger partial charge < -0.3 is 5.73 Å². The quantitative estimate of drug-likeness (QED) is 0.105. The molecule has 0 atom stereocenters. The number of hydrogen-bond acceptors (Lipinski definition) is 1. The molecule has 2 N–H and O–H groups in total. The van der Waals surface area contributed by atoms with Crippen molar-refractivity contribution in [3.8, 4) is 0 Å². The summed E-state index contributed by atoms with van der Waals surface area (Å²) in [5.41, 5.74) is 6.83. The third-order valence-electron chi connectivity index (χ3n) is 8.30. The first-order chi connectivity index (χ1) is 18.7. The Hall–Kier alpha value is -2.81. The highest BCUT2D eigenvalue weighted by Gasteiger charge is 2.17. The molecule has 4 rings (SSSR count). The van der Waals surface area contributed by atoms with Crippen LogP contribution >= 0.6 is 0 Å². The first kappa shape index (κ1) is 28.2. The van der Waals surface area contributed by atoms with Crippen LogP contribution in [-0.4, -0.2) is 12.6 Å². The molecule has 0 aliphatic rings. The molecule has 0 aromatic heterocycles. The summed E-state index contributed by atoms with van der Waals surface area (Å²) in [4.78, 5) is 14.3. The van der Waals surface area contributed by atoms with Crippen molar-refractivity contribution in [3.63, 3.8) is 0 Å². The Bertz CT molecular complexity index is 1250. The Balaban J connectivity index is 1.18. The second kappa shape index (κ2) is 15.0. The van der Waals surface area contributed by atoms with E-state index in [2.05, 4.69) is 61.5 Å². The maximum absolute atomic E-state index is 12.5. The van der Waals surface area contributed by atoms with Gasteiger partial charge in [-0.1, -0.05) is 152 Å². The number of carbonyl (C=O) groups excluding carboxylic acids is 1. The van der Waals surface area contributed by atoms with Crippen LogP contribution in [0.1, 0.15) is 110 Å². The summed E-state index contributed by atoms with van der Waals surface area (Å²) >= 11 is 0. The number of amides is 2. The van der Waals surface area contributed by atoms with E-state index in [1.165, 1.54) is 117 Å². The van der Waals surface area contributed by atoms with E-state index < -0.39 is 0 Å². The van der Waals surface area contributed by atoms with Gasteiger partial charge >= 0.3 is 6.03 Å². The van der Waals surface area contributed by atoms with Gasteiger partial charge in [0.1, 0.15) is 0 Å². The summed E-state index contributed by atoms with van der Waals surface area (Å²) < 4.78 is 0. The minimum Gasteiger partial charge on any atom is -0.351 e. The molecule has 3 nitrogen and oxygen atoms in total. The van der Waals surface area contributed by atoms with Crippen molar-refractivity contribution in [1.29, 1.82) is 0 Å². The van der Waals surface area contributed by atoms with Gasteiger partial charge in [0, 0.05) is 11.9 Å². The number of anilines is 1. The first-order valence-electron chi connectivity index (χ1n) is 15.4. The molecular weight excluding hydrogens is 464 g/mol. The molecule has 0 saturated heterocycles. The van der Waals surface area contributed by atoms with E-state index in [0.717, 1.165) is 23.9 Å². The highest BCUT2D eigenvalue weighted by atomic mass is 16.2. The minimum atomic E-state index is -0.360. The second-order valence-electron chi connectivity index (χ2n) is 11.2. The van der Waals surface area contributed by atoms with Gasteiger partial charge in [0.2, 0.25) is 0 Å². The molecule has 2 amide bonds. The molecule has 0 aliphatic heterocycles. The zero-order valence-corrected chi connectivity index (χ0v) is 23.6. The van der Waals surface area contributed by atoms with Crippen LogP contribution in [0, 0.1) is 0 Å². The highest BCUT2D eigenvalue weighted by molar-refractivity contribution is 6.26. The van der Waals surface area contributed by atoms with Gasteiger partial charge in [-0.25, -0.2) is 4.79 Å². The van der Waals surface area contributed by atoms with Gasteiger partial charge in [0.05, 0.1) is 5.69 Å². The normalized spacial score (nSPS) is 11.7. The molecule has 4 aromatic rings. The Morgan fingerprint density at radius 1 is 0.579 bits per heavy atom. The van der Waals surface area contributed by atoms with Crippen LogP contribution in [-0.2, 0) is 0 Å². The molecule has 0 heterocycles. The molecule has 0 bridgehead atoms. The number of unbranched alkanes of at least 4 members (excludes halogenated alkanes) is 15. The van der Waals surface area contributed by atoms with Crippen molar-refractivity contribution in [3.05, 3.63) is 54.6 Å².